The fourth-order valence-electron chi connectivity index (χ4n) is 6.65. The van der Waals surface area contributed by atoms with E-state index >= 15 is 0 Å². The highest BCUT2D eigenvalue weighted by atomic mass is 16.3. The van der Waals surface area contributed by atoms with E-state index in [1.165, 1.54) is 11.1 Å². The minimum atomic E-state index is -0.342. The second kappa shape index (κ2) is 6.22. The van der Waals surface area contributed by atoms with E-state index in [1.54, 1.807) is 0 Å². The summed E-state index contributed by atoms with van der Waals surface area (Å²) in [5.41, 5.74) is 1.87. The van der Waals surface area contributed by atoms with Crippen LogP contribution in [0.2, 0.25) is 0 Å². The first kappa shape index (κ1) is 18.8. The lowest BCUT2D eigenvalue weighted by Crippen LogP contribution is -2.63. The molecule has 0 saturated heterocycles. The van der Waals surface area contributed by atoms with Crippen LogP contribution in [0, 0.1) is 22.7 Å². The van der Waals surface area contributed by atoms with Crippen molar-refractivity contribution in [1.82, 2.24) is 4.98 Å². The molecular weight excluding hydrogens is 334 g/mol. The van der Waals surface area contributed by atoms with Crippen molar-refractivity contribution in [3.63, 3.8) is 0 Å². The van der Waals surface area contributed by atoms with Gasteiger partial charge in [-0.1, -0.05) is 45.0 Å². The van der Waals surface area contributed by atoms with Crippen molar-refractivity contribution in [1.29, 1.82) is 0 Å². The Morgan fingerprint density at radius 1 is 1.19 bits per heavy atom. The van der Waals surface area contributed by atoms with Gasteiger partial charge >= 0.3 is 0 Å². The first-order valence-electron chi connectivity index (χ1n) is 10.3. The monoisotopic (exact) mass is 367 g/mol. The zero-order valence-corrected chi connectivity index (χ0v) is 16.8. The first-order valence-corrected chi connectivity index (χ1v) is 10.3. The number of rotatable bonds is 3. The van der Waals surface area contributed by atoms with E-state index in [4.69, 9.17) is 0 Å². The molecule has 3 heteroatoms. The topological polar surface area (TPSA) is 56.2 Å². The molecule has 146 valence electrons. The SMILES string of the molecule is C=C[C@]1(C)[C@@H](O)CC[C@@]2(C)[C@H]1CC[C@@H](CO)[C@]2(C)c1cc2ccccc2[nH]1. The summed E-state index contributed by atoms with van der Waals surface area (Å²) < 4.78 is 0. The number of benzene rings is 1. The number of hydrogen-bond donors (Lipinski definition) is 3. The zero-order chi connectivity index (χ0) is 19.4. The van der Waals surface area contributed by atoms with Crippen LogP contribution in [-0.4, -0.2) is 27.9 Å². The van der Waals surface area contributed by atoms with Crippen LogP contribution in [0.4, 0.5) is 0 Å². The average molecular weight is 368 g/mol. The molecule has 6 atom stereocenters. The molecule has 2 fully saturated rings. The Bertz CT molecular complexity index is 824. The van der Waals surface area contributed by atoms with Gasteiger partial charge in [-0.3, -0.25) is 0 Å². The number of aromatic amines is 1. The molecule has 0 bridgehead atoms. The third kappa shape index (κ3) is 2.34. The van der Waals surface area contributed by atoms with Crippen molar-refractivity contribution in [2.24, 2.45) is 22.7 Å². The van der Waals surface area contributed by atoms with Gasteiger partial charge in [0.25, 0.3) is 0 Å². The molecule has 2 saturated carbocycles. The zero-order valence-electron chi connectivity index (χ0n) is 16.8. The van der Waals surface area contributed by atoms with E-state index < -0.39 is 0 Å². The molecule has 3 nitrogen and oxygen atoms in total. The maximum Gasteiger partial charge on any atom is 0.0631 e. The van der Waals surface area contributed by atoms with Crippen molar-refractivity contribution in [3.05, 3.63) is 48.7 Å². The number of hydrogen-bond acceptors (Lipinski definition) is 2. The van der Waals surface area contributed by atoms with Gasteiger partial charge in [0.2, 0.25) is 0 Å². The Balaban J connectivity index is 1.91. The average Bonchev–Trinajstić information content (AvgIpc) is 3.11. The minimum absolute atomic E-state index is 0.0261. The van der Waals surface area contributed by atoms with Crippen molar-refractivity contribution in [3.8, 4) is 0 Å². The summed E-state index contributed by atoms with van der Waals surface area (Å²) in [6.07, 6.45) is 5.39. The number of nitrogens with one attached hydrogen (secondary N) is 1. The maximum atomic E-state index is 10.8. The summed E-state index contributed by atoms with van der Waals surface area (Å²) >= 11 is 0. The molecule has 1 aromatic carbocycles. The molecule has 27 heavy (non-hydrogen) atoms. The van der Waals surface area contributed by atoms with Gasteiger partial charge in [0.1, 0.15) is 0 Å². The van der Waals surface area contributed by atoms with Gasteiger partial charge in [-0.05, 0) is 60.5 Å². The van der Waals surface area contributed by atoms with Gasteiger partial charge in [0.15, 0.2) is 0 Å². The highest BCUT2D eigenvalue weighted by Crippen LogP contribution is 2.66. The molecule has 2 aliphatic carbocycles. The summed E-state index contributed by atoms with van der Waals surface area (Å²) in [5, 5.41) is 22.4. The fourth-order valence-corrected chi connectivity index (χ4v) is 6.65. The lowest BCUT2D eigenvalue weighted by molar-refractivity contribution is -0.153. The van der Waals surface area contributed by atoms with E-state index in [0.717, 1.165) is 31.2 Å². The number of aliphatic hydroxyl groups is 2. The molecule has 4 rings (SSSR count). The largest absolute Gasteiger partial charge is 0.396 e. The van der Waals surface area contributed by atoms with Crippen LogP contribution in [0.3, 0.4) is 0 Å². The fraction of sp³-hybridized carbons (Fsp3) is 0.583. The van der Waals surface area contributed by atoms with E-state index in [2.05, 4.69) is 62.7 Å². The molecule has 1 heterocycles. The number of aromatic nitrogens is 1. The summed E-state index contributed by atoms with van der Waals surface area (Å²) in [6.45, 7) is 11.2. The Labute approximate surface area is 162 Å². The third-order valence-electron chi connectivity index (χ3n) is 8.73. The summed E-state index contributed by atoms with van der Waals surface area (Å²) in [4.78, 5) is 3.69. The molecule has 0 unspecified atom stereocenters. The van der Waals surface area contributed by atoms with E-state index in [0.29, 0.717) is 5.92 Å². The van der Waals surface area contributed by atoms with E-state index in [-0.39, 0.29) is 34.9 Å². The number of H-pyrrole nitrogens is 1. The van der Waals surface area contributed by atoms with Gasteiger partial charge in [0, 0.05) is 28.6 Å². The van der Waals surface area contributed by atoms with Crippen molar-refractivity contribution in [2.45, 2.75) is 58.0 Å². The summed E-state index contributed by atoms with van der Waals surface area (Å²) in [5.74, 6) is 0.543. The van der Waals surface area contributed by atoms with Crippen LogP contribution in [0.25, 0.3) is 10.9 Å². The van der Waals surface area contributed by atoms with Crippen molar-refractivity contribution in [2.75, 3.05) is 6.61 Å². The summed E-state index contributed by atoms with van der Waals surface area (Å²) in [7, 11) is 0. The molecule has 0 spiro atoms. The normalized spacial score (nSPS) is 42.0. The Morgan fingerprint density at radius 3 is 2.59 bits per heavy atom. The third-order valence-corrected chi connectivity index (χ3v) is 8.73. The van der Waals surface area contributed by atoms with E-state index in [9.17, 15) is 10.2 Å². The van der Waals surface area contributed by atoms with E-state index in [1.807, 2.05) is 6.08 Å². The van der Waals surface area contributed by atoms with Gasteiger partial charge in [-0.25, -0.2) is 0 Å². The molecule has 0 aliphatic heterocycles. The van der Waals surface area contributed by atoms with Gasteiger partial charge in [-0.2, -0.15) is 0 Å². The molecule has 0 radical (unpaired) electrons. The quantitative estimate of drug-likeness (QED) is 0.683. The number of fused-ring (bicyclic) bond motifs is 2. The predicted molar refractivity (Wildman–Crippen MR) is 111 cm³/mol. The first-order chi connectivity index (χ1) is 12.8. The lowest BCUT2D eigenvalue weighted by Gasteiger charge is -2.65. The molecule has 1 aromatic heterocycles. The Hall–Kier alpha value is -1.58. The minimum Gasteiger partial charge on any atom is -0.396 e. The molecule has 3 N–H and O–H groups in total. The summed E-state index contributed by atoms with van der Waals surface area (Å²) in [6, 6.07) is 10.7. The van der Waals surface area contributed by atoms with Crippen LogP contribution < -0.4 is 0 Å². The van der Waals surface area contributed by atoms with Gasteiger partial charge < -0.3 is 15.2 Å². The highest BCUT2D eigenvalue weighted by molar-refractivity contribution is 5.80. The molecule has 2 aliphatic rings. The second-order valence-electron chi connectivity index (χ2n) is 9.52. The highest BCUT2D eigenvalue weighted by Gasteiger charge is 2.63. The number of aliphatic hydroxyl groups excluding tert-OH is 2. The van der Waals surface area contributed by atoms with Crippen molar-refractivity contribution < 1.29 is 10.2 Å². The smallest absolute Gasteiger partial charge is 0.0631 e. The standard InChI is InChI=1S/C24H33NO2/c1-5-22(2)19-11-10-17(15-26)24(4,23(19,3)13-12-21(22)27)20-14-16-8-6-7-9-18(16)25-20/h5-9,14,17,19,21,25-27H,1,10-13,15H2,2-4H3/t17-,19-,21-,22-,23-,24+/m0/s1. The molecule has 2 aromatic rings. The van der Waals surface area contributed by atoms with Crippen LogP contribution in [0.5, 0.6) is 0 Å². The van der Waals surface area contributed by atoms with Gasteiger partial charge in [0.05, 0.1) is 6.10 Å². The Morgan fingerprint density at radius 2 is 1.93 bits per heavy atom. The lowest BCUT2D eigenvalue weighted by atomic mass is 9.40. The van der Waals surface area contributed by atoms with Crippen molar-refractivity contribution >= 4 is 10.9 Å². The second-order valence-corrected chi connectivity index (χ2v) is 9.52. The van der Waals surface area contributed by atoms with Crippen LogP contribution >= 0.6 is 0 Å². The number of para-hydroxylation sites is 1. The van der Waals surface area contributed by atoms with Crippen LogP contribution in [0.15, 0.2) is 43.0 Å². The molecular formula is C24H33NO2. The predicted octanol–water partition coefficient (Wildman–Crippen LogP) is 4.80. The van der Waals surface area contributed by atoms with Gasteiger partial charge in [-0.15, -0.1) is 6.58 Å². The van der Waals surface area contributed by atoms with Crippen LogP contribution in [-0.2, 0) is 5.41 Å². The molecule has 0 amide bonds. The van der Waals surface area contributed by atoms with Crippen LogP contribution in [0.1, 0.15) is 52.1 Å². The maximum absolute atomic E-state index is 10.8. The Kier molecular flexibility index (Phi) is 4.32.